The number of halogens is 1. The van der Waals surface area contributed by atoms with E-state index in [1.165, 1.54) is 0 Å². The van der Waals surface area contributed by atoms with Gasteiger partial charge in [0.1, 0.15) is 10.8 Å². The number of carbonyl (C=O) groups excluding carboxylic acids is 1. The Morgan fingerprint density at radius 3 is 2.50 bits per heavy atom. The second-order valence-electron chi connectivity index (χ2n) is 6.73. The summed E-state index contributed by atoms with van der Waals surface area (Å²) in [7, 11) is 1.67. The number of aromatic nitrogens is 1. The van der Waals surface area contributed by atoms with Crippen molar-refractivity contribution in [2.45, 2.75) is 19.4 Å². The van der Waals surface area contributed by atoms with Gasteiger partial charge in [-0.3, -0.25) is 9.69 Å². The molecule has 7 heteroatoms. The number of methoxy groups -OCH3 is 1. The van der Waals surface area contributed by atoms with Crippen molar-refractivity contribution in [3.8, 4) is 17.0 Å². The van der Waals surface area contributed by atoms with E-state index < -0.39 is 0 Å². The van der Waals surface area contributed by atoms with Gasteiger partial charge in [-0.05, 0) is 37.1 Å². The van der Waals surface area contributed by atoms with Crippen LogP contribution in [0.3, 0.4) is 0 Å². The maximum Gasteiger partial charge on any atom is 0.225 e. The summed E-state index contributed by atoms with van der Waals surface area (Å²) in [5, 5.41) is 3.25. The molecule has 1 aromatic carbocycles. The molecule has 0 N–H and O–H groups in total. The van der Waals surface area contributed by atoms with E-state index >= 15 is 0 Å². The number of nitrogens with zero attached hydrogens (tertiary/aromatic N) is 3. The molecule has 1 saturated carbocycles. The summed E-state index contributed by atoms with van der Waals surface area (Å²) in [5.41, 5.74) is 2.13. The lowest BCUT2D eigenvalue weighted by atomic mass is 10.2. The highest BCUT2D eigenvalue weighted by atomic mass is 35.5. The first kappa shape index (κ1) is 19.1. The van der Waals surface area contributed by atoms with Gasteiger partial charge in [-0.2, -0.15) is 0 Å². The average molecular weight is 394 g/mol. The van der Waals surface area contributed by atoms with E-state index in [9.17, 15) is 4.79 Å². The monoisotopic (exact) mass is 393 g/mol. The molecule has 2 aromatic rings. The Morgan fingerprint density at radius 1 is 1.19 bits per heavy atom. The topological polar surface area (TPSA) is 45.7 Å². The van der Waals surface area contributed by atoms with Gasteiger partial charge in [0.25, 0.3) is 0 Å². The van der Waals surface area contributed by atoms with Gasteiger partial charge in [-0.25, -0.2) is 4.98 Å². The van der Waals surface area contributed by atoms with Gasteiger partial charge < -0.3 is 9.64 Å². The van der Waals surface area contributed by atoms with Crippen LogP contribution in [0.5, 0.6) is 5.75 Å². The fourth-order valence-corrected chi connectivity index (χ4v) is 4.03. The third-order valence-electron chi connectivity index (χ3n) is 4.91. The van der Waals surface area contributed by atoms with E-state index in [1.807, 2.05) is 29.2 Å². The van der Waals surface area contributed by atoms with Crippen LogP contribution in [0.1, 0.15) is 17.8 Å². The highest BCUT2D eigenvalue weighted by Crippen LogP contribution is 2.31. The van der Waals surface area contributed by atoms with Gasteiger partial charge in [0.15, 0.2) is 0 Å². The van der Waals surface area contributed by atoms with Gasteiger partial charge in [0, 0.05) is 43.0 Å². The zero-order valence-corrected chi connectivity index (χ0v) is 16.5. The number of hydrogen-bond acceptors (Lipinski definition) is 5. The number of carbonyl (C=O) groups is 1. The van der Waals surface area contributed by atoms with Gasteiger partial charge in [0.05, 0.1) is 19.3 Å². The largest absolute Gasteiger partial charge is 0.497 e. The van der Waals surface area contributed by atoms with E-state index in [-0.39, 0.29) is 12.4 Å². The van der Waals surface area contributed by atoms with Crippen molar-refractivity contribution in [2.75, 3.05) is 33.3 Å². The highest BCUT2D eigenvalue weighted by molar-refractivity contribution is 7.09. The molecule has 2 aliphatic rings. The van der Waals surface area contributed by atoms with Crippen LogP contribution in [0.4, 0.5) is 0 Å². The molecule has 2 heterocycles. The van der Waals surface area contributed by atoms with Crippen molar-refractivity contribution in [3.63, 3.8) is 0 Å². The van der Waals surface area contributed by atoms with Crippen LogP contribution >= 0.6 is 23.7 Å². The van der Waals surface area contributed by atoms with Gasteiger partial charge in [-0.15, -0.1) is 23.7 Å². The summed E-state index contributed by atoms with van der Waals surface area (Å²) < 4.78 is 5.20. The van der Waals surface area contributed by atoms with Crippen molar-refractivity contribution in [2.24, 2.45) is 5.92 Å². The summed E-state index contributed by atoms with van der Waals surface area (Å²) in [4.78, 5) is 21.3. The van der Waals surface area contributed by atoms with Crippen molar-refractivity contribution >= 4 is 29.7 Å². The first-order chi connectivity index (χ1) is 12.2. The Morgan fingerprint density at radius 2 is 1.88 bits per heavy atom. The molecule has 26 heavy (non-hydrogen) atoms. The molecule has 1 amide bonds. The van der Waals surface area contributed by atoms with Crippen LogP contribution in [0.15, 0.2) is 29.6 Å². The van der Waals surface area contributed by atoms with Crippen LogP contribution in [0.25, 0.3) is 11.3 Å². The molecule has 1 saturated heterocycles. The Bertz CT molecular complexity index is 737. The molecule has 1 aliphatic heterocycles. The minimum Gasteiger partial charge on any atom is -0.497 e. The highest BCUT2D eigenvalue weighted by Gasteiger charge is 2.34. The Labute approximate surface area is 164 Å². The molecule has 4 rings (SSSR count). The number of thiazole rings is 1. The second-order valence-corrected chi connectivity index (χ2v) is 7.67. The smallest absolute Gasteiger partial charge is 0.225 e. The summed E-state index contributed by atoms with van der Waals surface area (Å²) in [6.07, 6.45) is 2.18. The quantitative estimate of drug-likeness (QED) is 0.781. The fraction of sp³-hybridized carbons (Fsp3) is 0.474. The maximum absolute atomic E-state index is 12.1. The molecule has 0 spiro atoms. The Hall–Kier alpha value is -1.63. The SMILES string of the molecule is COc1ccc(-c2csc(CN3CCN(C(=O)C4CC4)CC3)n2)cc1.Cl. The van der Waals surface area contributed by atoms with Gasteiger partial charge in [-0.1, -0.05) is 0 Å². The normalized spacial score (nSPS) is 17.7. The van der Waals surface area contributed by atoms with Gasteiger partial charge >= 0.3 is 0 Å². The van der Waals surface area contributed by atoms with E-state index in [4.69, 9.17) is 9.72 Å². The molecule has 1 aliphatic carbocycles. The molecule has 0 radical (unpaired) electrons. The summed E-state index contributed by atoms with van der Waals surface area (Å²) in [6.45, 7) is 4.45. The minimum atomic E-state index is 0. The van der Waals surface area contributed by atoms with Crippen molar-refractivity contribution < 1.29 is 9.53 Å². The Kier molecular flexibility index (Phi) is 6.16. The third kappa shape index (κ3) is 4.37. The molecule has 0 bridgehead atoms. The first-order valence-corrected chi connectivity index (χ1v) is 9.71. The molecule has 5 nitrogen and oxygen atoms in total. The number of piperazine rings is 1. The van der Waals surface area contributed by atoms with Gasteiger partial charge in [0.2, 0.25) is 5.91 Å². The lowest BCUT2D eigenvalue weighted by molar-refractivity contribution is -0.134. The van der Waals surface area contributed by atoms with Crippen molar-refractivity contribution in [1.82, 2.24) is 14.8 Å². The summed E-state index contributed by atoms with van der Waals surface area (Å²) in [6, 6.07) is 8.01. The van der Waals surface area contributed by atoms with Crippen LogP contribution in [-0.2, 0) is 11.3 Å². The number of hydrogen-bond donors (Lipinski definition) is 0. The standard InChI is InChI=1S/C19H23N3O2S.ClH/c1-24-16-6-4-14(5-7-16)17-13-25-18(20-17)12-21-8-10-22(11-9-21)19(23)15-2-3-15;/h4-7,13,15H,2-3,8-12H2,1H3;1H. The molecular formula is C19H24ClN3O2S. The fourth-order valence-electron chi connectivity index (χ4n) is 3.18. The predicted octanol–water partition coefficient (Wildman–Crippen LogP) is 3.29. The summed E-state index contributed by atoms with van der Waals surface area (Å²) in [5.74, 6) is 1.56. The van der Waals surface area contributed by atoms with E-state index in [0.717, 1.165) is 67.6 Å². The number of amides is 1. The van der Waals surface area contributed by atoms with E-state index in [0.29, 0.717) is 11.8 Å². The van der Waals surface area contributed by atoms with Crippen LogP contribution in [-0.4, -0.2) is 54.0 Å². The molecular weight excluding hydrogens is 370 g/mol. The van der Waals surface area contributed by atoms with E-state index in [2.05, 4.69) is 10.3 Å². The molecule has 0 unspecified atom stereocenters. The Balaban J connectivity index is 0.00000196. The first-order valence-electron chi connectivity index (χ1n) is 8.83. The van der Waals surface area contributed by atoms with Crippen LogP contribution in [0.2, 0.25) is 0 Å². The molecule has 0 atom stereocenters. The van der Waals surface area contributed by atoms with Crippen LogP contribution < -0.4 is 4.74 Å². The molecule has 1 aromatic heterocycles. The lowest BCUT2D eigenvalue weighted by Gasteiger charge is -2.34. The number of ether oxygens (including phenoxy) is 1. The number of rotatable bonds is 5. The molecule has 140 valence electrons. The third-order valence-corrected chi connectivity index (χ3v) is 5.74. The zero-order valence-electron chi connectivity index (χ0n) is 14.9. The lowest BCUT2D eigenvalue weighted by Crippen LogP contribution is -2.48. The summed E-state index contributed by atoms with van der Waals surface area (Å²) >= 11 is 1.71. The van der Waals surface area contributed by atoms with E-state index in [1.54, 1.807) is 18.4 Å². The zero-order chi connectivity index (χ0) is 17.2. The molecule has 2 fully saturated rings. The van der Waals surface area contributed by atoms with Crippen molar-refractivity contribution in [1.29, 1.82) is 0 Å². The minimum absolute atomic E-state index is 0. The number of benzene rings is 1. The predicted molar refractivity (Wildman–Crippen MR) is 106 cm³/mol. The second kappa shape index (κ2) is 8.37. The van der Waals surface area contributed by atoms with Crippen LogP contribution in [0, 0.1) is 5.92 Å². The average Bonchev–Trinajstić information content (AvgIpc) is 3.41. The van der Waals surface area contributed by atoms with Crippen molar-refractivity contribution in [3.05, 3.63) is 34.7 Å². The maximum atomic E-state index is 12.1.